The van der Waals surface area contributed by atoms with E-state index in [1.54, 1.807) is 12.1 Å². The van der Waals surface area contributed by atoms with Gasteiger partial charge in [0.05, 0.1) is 0 Å². The van der Waals surface area contributed by atoms with Gasteiger partial charge in [0, 0.05) is 0 Å². The average molecular weight is 529 g/mol. The second-order valence-corrected chi connectivity index (χ2v) is 12.2. The lowest BCUT2D eigenvalue weighted by Crippen LogP contribution is -2.13. The van der Waals surface area contributed by atoms with Crippen LogP contribution in [-0.2, 0) is 5.41 Å². The molecule has 0 saturated carbocycles. The first-order chi connectivity index (χ1) is 19.9. The van der Waals surface area contributed by atoms with Gasteiger partial charge in [-0.05, 0) is 99.2 Å². The summed E-state index contributed by atoms with van der Waals surface area (Å²) in [5.41, 5.74) is 6.10. The van der Waals surface area contributed by atoms with Crippen LogP contribution in [0.3, 0.4) is 0 Å². The summed E-state index contributed by atoms with van der Waals surface area (Å²) >= 11 is 0. The van der Waals surface area contributed by atoms with Crippen molar-refractivity contribution in [2.24, 2.45) is 0 Å². The summed E-state index contributed by atoms with van der Waals surface area (Å²) in [5, 5.41) is 12.7. The summed E-state index contributed by atoms with van der Waals surface area (Å²) in [5.74, 6) is -0.215. The minimum atomic E-state index is -0.215. The third-order valence-corrected chi connectivity index (χ3v) is 8.77. The standard InChI is InChI=1S/C40H29F/c1-40(2,3)39-34-10-6-4-8-29(34)38(30-9-5-7-11-35(30)39)33-23-17-26-15-21-31-28(24-12-18-27(41)19-13-24)20-14-25-16-22-32(33)37(26)36(25)31/h4-23H,1-3H3. The number of fused-ring (bicyclic) bond motifs is 2. The largest absolute Gasteiger partial charge is 0.207 e. The Labute approximate surface area is 239 Å². The molecule has 0 radical (unpaired) electrons. The molecule has 0 aliphatic heterocycles. The van der Waals surface area contributed by atoms with Gasteiger partial charge in [-0.25, -0.2) is 4.39 Å². The third-order valence-electron chi connectivity index (χ3n) is 8.77. The monoisotopic (exact) mass is 528 g/mol. The van der Waals surface area contributed by atoms with Crippen molar-refractivity contribution in [2.45, 2.75) is 26.2 Å². The number of hydrogen-bond donors (Lipinski definition) is 0. The zero-order valence-corrected chi connectivity index (χ0v) is 23.4. The molecule has 0 aromatic heterocycles. The quantitative estimate of drug-likeness (QED) is 0.155. The first-order valence-electron chi connectivity index (χ1n) is 14.3. The topological polar surface area (TPSA) is 0 Å². The van der Waals surface area contributed by atoms with Crippen molar-refractivity contribution >= 4 is 53.9 Å². The molecule has 0 atom stereocenters. The summed E-state index contributed by atoms with van der Waals surface area (Å²) in [6.45, 7) is 6.95. The highest BCUT2D eigenvalue weighted by atomic mass is 19.1. The van der Waals surface area contributed by atoms with Crippen molar-refractivity contribution in [3.63, 3.8) is 0 Å². The summed E-state index contributed by atoms with van der Waals surface area (Å²) in [4.78, 5) is 0. The first-order valence-corrected chi connectivity index (χ1v) is 14.3. The molecule has 0 fully saturated rings. The van der Waals surface area contributed by atoms with Crippen LogP contribution in [0.1, 0.15) is 26.3 Å². The van der Waals surface area contributed by atoms with Crippen LogP contribution in [0.5, 0.6) is 0 Å². The maximum atomic E-state index is 13.8. The minimum Gasteiger partial charge on any atom is -0.207 e. The van der Waals surface area contributed by atoms with Crippen LogP contribution in [0.4, 0.5) is 4.39 Å². The first kappa shape index (κ1) is 24.1. The van der Waals surface area contributed by atoms with Gasteiger partial charge in [-0.2, -0.15) is 0 Å². The highest BCUT2D eigenvalue weighted by molar-refractivity contribution is 6.29. The Hall–Kier alpha value is -4.75. The molecular formula is C40H29F. The van der Waals surface area contributed by atoms with E-state index < -0.39 is 0 Å². The van der Waals surface area contributed by atoms with Gasteiger partial charge in [-0.1, -0.05) is 130 Å². The molecule has 0 aliphatic rings. The van der Waals surface area contributed by atoms with Crippen LogP contribution in [0.15, 0.2) is 121 Å². The maximum Gasteiger partial charge on any atom is 0.123 e. The Kier molecular flexibility index (Phi) is 5.06. The number of halogens is 1. The lowest BCUT2D eigenvalue weighted by Gasteiger charge is -2.26. The molecule has 8 aromatic rings. The van der Waals surface area contributed by atoms with Gasteiger partial charge in [-0.15, -0.1) is 0 Å². The fraction of sp³-hybridized carbons (Fsp3) is 0.100. The van der Waals surface area contributed by atoms with Crippen LogP contribution in [0.25, 0.3) is 76.1 Å². The molecule has 196 valence electrons. The zero-order valence-electron chi connectivity index (χ0n) is 23.4. The molecule has 0 unspecified atom stereocenters. The predicted molar refractivity (Wildman–Crippen MR) is 175 cm³/mol. The Bertz CT molecular complexity index is 2220. The van der Waals surface area contributed by atoms with Gasteiger partial charge in [0.15, 0.2) is 0 Å². The summed E-state index contributed by atoms with van der Waals surface area (Å²) < 4.78 is 13.8. The minimum absolute atomic E-state index is 0.00283. The molecule has 0 amide bonds. The lowest BCUT2D eigenvalue weighted by molar-refractivity contribution is 0.601. The Morgan fingerprint density at radius 2 is 0.902 bits per heavy atom. The molecular weight excluding hydrogens is 499 g/mol. The molecule has 0 aliphatic carbocycles. The van der Waals surface area contributed by atoms with Gasteiger partial charge in [0.2, 0.25) is 0 Å². The normalized spacial score (nSPS) is 12.4. The van der Waals surface area contributed by atoms with Gasteiger partial charge in [-0.3, -0.25) is 0 Å². The molecule has 0 heterocycles. The van der Waals surface area contributed by atoms with E-state index >= 15 is 0 Å². The molecule has 8 aromatic carbocycles. The lowest BCUT2D eigenvalue weighted by atomic mass is 9.77. The highest BCUT2D eigenvalue weighted by Crippen LogP contribution is 2.47. The number of hydrogen-bond acceptors (Lipinski definition) is 0. The van der Waals surface area contributed by atoms with Crippen molar-refractivity contribution < 1.29 is 4.39 Å². The zero-order chi connectivity index (χ0) is 27.9. The molecule has 0 saturated heterocycles. The van der Waals surface area contributed by atoms with E-state index in [1.807, 2.05) is 12.1 Å². The second kappa shape index (κ2) is 8.62. The van der Waals surface area contributed by atoms with Crippen LogP contribution in [-0.4, -0.2) is 0 Å². The summed E-state index contributed by atoms with van der Waals surface area (Å²) in [7, 11) is 0. The van der Waals surface area contributed by atoms with E-state index in [2.05, 4.69) is 118 Å². The Morgan fingerprint density at radius 3 is 1.44 bits per heavy atom. The van der Waals surface area contributed by atoms with E-state index in [1.165, 1.54) is 70.6 Å². The van der Waals surface area contributed by atoms with Gasteiger partial charge < -0.3 is 0 Å². The van der Waals surface area contributed by atoms with E-state index in [0.717, 1.165) is 11.1 Å². The summed E-state index contributed by atoms with van der Waals surface area (Å²) in [6.07, 6.45) is 0. The molecule has 41 heavy (non-hydrogen) atoms. The van der Waals surface area contributed by atoms with E-state index in [-0.39, 0.29) is 11.2 Å². The highest BCUT2D eigenvalue weighted by Gasteiger charge is 2.24. The van der Waals surface area contributed by atoms with Crippen LogP contribution < -0.4 is 0 Å². The number of benzene rings is 8. The molecule has 0 N–H and O–H groups in total. The van der Waals surface area contributed by atoms with E-state index in [4.69, 9.17) is 0 Å². The number of rotatable bonds is 2. The SMILES string of the molecule is CC(C)(C)c1c2ccccc2c(-c2ccc3ccc4c(-c5ccc(F)cc5)ccc5ccc2c3c54)c2ccccc12. The van der Waals surface area contributed by atoms with Crippen molar-refractivity contribution in [3.8, 4) is 22.3 Å². The molecule has 0 nitrogen and oxygen atoms in total. The van der Waals surface area contributed by atoms with E-state index in [9.17, 15) is 4.39 Å². The second-order valence-electron chi connectivity index (χ2n) is 12.2. The molecule has 1 heteroatoms. The van der Waals surface area contributed by atoms with Crippen molar-refractivity contribution in [1.82, 2.24) is 0 Å². The van der Waals surface area contributed by atoms with Crippen molar-refractivity contribution in [3.05, 3.63) is 133 Å². The van der Waals surface area contributed by atoms with E-state index in [0.29, 0.717) is 0 Å². The molecule has 8 rings (SSSR count). The van der Waals surface area contributed by atoms with Gasteiger partial charge in [0.25, 0.3) is 0 Å². The predicted octanol–water partition coefficient (Wildman–Crippen LogP) is 11.7. The fourth-order valence-electron chi connectivity index (χ4n) is 7.13. The van der Waals surface area contributed by atoms with Crippen molar-refractivity contribution in [2.75, 3.05) is 0 Å². The maximum absolute atomic E-state index is 13.8. The van der Waals surface area contributed by atoms with Crippen LogP contribution in [0.2, 0.25) is 0 Å². The molecule has 0 spiro atoms. The third kappa shape index (κ3) is 3.52. The Morgan fingerprint density at radius 1 is 0.439 bits per heavy atom. The fourth-order valence-corrected chi connectivity index (χ4v) is 7.13. The van der Waals surface area contributed by atoms with Crippen LogP contribution in [0, 0.1) is 5.82 Å². The van der Waals surface area contributed by atoms with Gasteiger partial charge in [0.1, 0.15) is 5.82 Å². The summed E-state index contributed by atoms with van der Waals surface area (Å²) in [6, 6.07) is 42.6. The van der Waals surface area contributed by atoms with Gasteiger partial charge >= 0.3 is 0 Å². The van der Waals surface area contributed by atoms with Crippen LogP contribution >= 0.6 is 0 Å². The van der Waals surface area contributed by atoms with Crippen molar-refractivity contribution in [1.29, 1.82) is 0 Å². The Balaban J connectivity index is 1.52. The molecule has 0 bridgehead atoms. The smallest absolute Gasteiger partial charge is 0.123 e. The average Bonchev–Trinajstić information content (AvgIpc) is 2.98.